The van der Waals surface area contributed by atoms with Gasteiger partial charge in [-0.1, -0.05) is 12.1 Å². The van der Waals surface area contributed by atoms with E-state index >= 15 is 0 Å². The Hall–Kier alpha value is -0.980. The summed E-state index contributed by atoms with van der Waals surface area (Å²) >= 11 is 0. The topological polar surface area (TPSA) is 9.23 Å². The normalized spacial score (nSPS) is 39.6. The highest BCUT2D eigenvalue weighted by atomic mass is 16.5. The summed E-state index contributed by atoms with van der Waals surface area (Å²) in [5.74, 6) is 4.02. The van der Waals surface area contributed by atoms with Crippen LogP contribution < -0.4 is 4.74 Å². The molecule has 0 amide bonds. The fraction of sp³-hybridized carbons (Fsp3) is 0.611. The van der Waals surface area contributed by atoms with E-state index in [-0.39, 0.29) is 0 Å². The summed E-state index contributed by atoms with van der Waals surface area (Å²) in [4.78, 5) is 0. The molecule has 1 heteroatoms. The van der Waals surface area contributed by atoms with Crippen molar-refractivity contribution < 1.29 is 4.74 Å². The summed E-state index contributed by atoms with van der Waals surface area (Å²) in [6.07, 6.45) is 8.64. The molecule has 1 aromatic carbocycles. The molecule has 0 aromatic heterocycles. The van der Waals surface area contributed by atoms with Crippen molar-refractivity contribution in [1.29, 1.82) is 0 Å². The summed E-state index contributed by atoms with van der Waals surface area (Å²) in [6.45, 7) is 4.13. The fourth-order valence-corrected chi connectivity index (χ4v) is 5.61. The average molecular weight is 255 g/mol. The van der Waals surface area contributed by atoms with E-state index in [9.17, 15) is 0 Å². The summed E-state index contributed by atoms with van der Waals surface area (Å²) in [6, 6.07) is 6.49. The van der Waals surface area contributed by atoms with Crippen LogP contribution in [-0.4, -0.2) is 7.11 Å². The van der Waals surface area contributed by atoms with Crippen molar-refractivity contribution in [2.75, 3.05) is 7.11 Å². The van der Waals surface area contributed by atoms with Gasteiger partial charge in [-0.05, 0) is 80.2 Å². The number of ether oxygens (including phenoxy) is 1. The Bertz CT molecular complexity index is 467. The van der Waals surface area contributed by atoms with Crippen LogP contribution >= 0.6 is 0 Å². The minimum Gasteiger partial charge on any atom is -0.496 e. The predicted molar refractivity (Wildman–Crippen MR) is 77.3 cm³/mol. The Morgan fingerprint density at radius 1 is 1.05 bits per heavy atom. The lowest BCUT2D eigenvalue weighted by Gasteiger charge is -2.57. The van der Waals surface area contributed by atoms with Crippen molar-refractivity contribution in [2.45, 2.75) is 43.9 Å². The number of rotatable bonds is 2. The maximum absolute atomic E-state index is 5.66. The van der Waals surface area contributed by atoms with Crippen LogP contribution in [0.4, 0.5) is 0 Å². The van der Waals surface area contributed by atoms with Crippen LogP contribution in [0.3, 0.4) is 0 Å². The molecule has 4 aliphatic carbocycles. The second-order valence-corrected chi connectivity index (χ2v) is 7.23. The highest BCUT2D eigenvalue weighted by Gasteiger charge is 2.52. The average Bonchev–Trinajstić information content (AvgIpc) is 2.37. The molecule has 4 bridgehead atoms. The molecule has 4 saturated carbocycles. The fourth-order valence-electron chi connectivity index (χ4n) is 5.61. The van der Waals surface area contributed by atoms with Gasteiger partial charge in [0, 0.05) is 5.56 Å². The highest BCUT2D eigenvalue weighted by molar-refractivity contribution is 5.44. The third kappa shape index (κ3) is 1.74. The molecule has 4 aliphatic rings. The zero-order chi connectivity index (χ0) is 13.0. The summed E-state index contributed by atoms with van der Waals surface area (Å²) in [5, 5.41) is 0. The molecule has 0 saturated heterocycles. The monoisotopic (exact) mass is 255 g/mol. The number of hydrogen-bond donors (Lipinski definition) is 0. The SMILES string of the molecule is [CH2]c1ccc(OC)c(C23CC4CC(CC(C4)C2)C3)c1. The van der Waals surface area contributed by atoms with Gasteiger partial charge in [-0.2, -0.15) is 0 Å². The van der Waals surface area contributed by atoms with Gasteiger partial charge in [0.2, 0.25) is 0 Å². The van der Waals surface area contributed by atoms with E-state index in [1.807, 2.05) is 7.11 Å². The van der Waals surface area contributed by atoms with Crippen molar-refractivity contribution in [2.24, 2.45) is 17.8 Å². The molecular weight excluding hydrogens is 232 g/mol. The Labute approximate surface area is 116 Å². The van der Waals surface area contributed by atoms with Gasteiger partial charge < -0.3 is 4.74 Å². The van der Waals surface area contributed by atoms with E-state index in [0.717, 1.165) is 29.1 Å². The largest absolute Gasteiger partial charge is 0.496 e. The lowest BCUT2D eigenvalue weighted by Crippen LogP contribution is -2.48. The number of benzene rings is 1. The first kappa shape index (κ1) is 11.8. The van der Waals surface area contributed by atoms with Crippen LogP contribution in [0.5, 0.6) is 5.75 Å². The molecule has 1 radical (unpaired) electrons. The van der Waals surface area contributed by atoms with Gasteiger partial charge in [0.25, 0.3) is 0 Å². The highest BCUT2D eigenvalue weighted by Crippen LogP contribution is 2.61. The maximum Gasteiger partial charge on any atom is 0.122 e. The lowest BCUT2D eigenvalue weighted by atomic mass is 9.48. The second kappa shape index (κ2) is 4.01. The maximum atomic E-state index is 5.66. The van der Waals surface area contributed by atoms with Gasteiger partial charge in [-0.25, -0.2) is 0 Å². The molecule has 0 N–H and O–H groups in total. The van der Waals surface area contributed by atoms with Crippen LogP contribution in [0.15, 0.2) is 18.2 Å². The first-order chi connectivity index (χ1) is 9.18. The summed E-state index contributed by atoms with van der Waals surface area (Å²) in [5.41, 5.74) is 3.00. The molecule has 0 spiro atoms. The van der Waals surface area contributed by atoms with Crippen molar-refractivity contribution in [1.82, 2.24) is 0 Å². The van der Waals surface area contributed by atoms with E-state index in [1.54, 1.807) is 0 Å². The van der Waals surface area contributed by atoms with Crippen molar-refractivity contribution in [3.63, 3.8) is 0 Å². The standard InChI is InChI=1S/C18H23O/c1-12-3-4-17(19-2)16(5-12)18-9-13-6-14(10-18)8-15(7-13)11-18/h3-5,13-15H,1,6-11H2,2H3. The van der Waals surface area contributed by atoms with Crippen LogP contribution in [0.1, 0.15) is 49.7 Å². The molecule has 0 heterocycles. The van der Waals surface area contributed by atoms with Crippen LogP contribution in [0, 0.1) is 24.7 Å². The van der Waals surface area contributed by atoms with Gasteiger partial charge in [0.1, 0.15) is 5.75 Å². The quantitative estimate of drug-likeness (QED) is 0.763. The van der Waals surface area contributed by atoms with E-state index in [0.29, 0.717) is 5.41 Å². The van der Waals surface area contributed by atoms with E-state index < -0.39 is 0 Å². The van der Waals surface area contributed by atoms with Crippen LogP contribution in [0.25, 0.3) is 0 Å². The zero-order valence-electron chi connectivity index (χ0n) is 11.8. The van der Waals surface area contributed by atoms with Gasteiger partial charge in [0.05, 0.1) is 7.11 Å². The van der Waals surface area contributed by atoms with E-state index in [1.165, 1.54) is 44.1 Å². The first-order valence-corrected chi connectivity index (χ1v) is 7.69. The molecule has 101 valence electrons. The molecule has 0 unspecified atom stereocenters. The predicted octanol–water partition coefficient (Wildman–Crippen LogP) is 4.35. The molecule has 1 aromatic rings. The van der Waals surface area contributed by atoms with Crippen LogP contribution in [-0.2, 0) is 5.41 Å². The Balaban J connectivity index is 1.81. The smallest absolute Gasteiger partial charge is 0.122 e. The minimum absolute atomic E-state index is 0.411. The second-order valence-electron chi connectivity index (χ2n) is 7.23. The Kier molecular flexibility index (Phi) is 2.49. The summed E-state index contributed by atoms with van der Waals surface area (Å²) < 4.78 is 5.66. The van der Waals surface area contributed by atoms with E-state index in [4.69, 9.17) is 4.74 Å². The first-order valence-electron chi connectivity index (χ1n) is 7.69. The Morgan fingerprint density at radius 2 is 1.63 bits per heavy atom. The zero-order valence-corrected chi connectivity index (χ0v) is 11.8. The van der Waals surface area contributed by atoms with E-state index in [2.05, 4.69) is 25.1 Å². The molecule has 0 aliphatic heterocycles. The third-order valence-corrected chi connectivity index (χ3v) is 5.87. The molecule has 19 heavy (non-hydrogen) atoms. The number of methoxy groups -OCH3 is 1. The molecule has 0 atom stereocenters. The summed E-state index contributed by atoms with van der Waals surface area (Å²) in [7, 11) is 1.81. The van der Waals surface area contributed by atoms with Crippen molar-refractivity contribution in [3.8, 4) is 5.75 Å². The molecule has 5 rings (SSSR count). The Morgan fingerprint density at radius 3 is 2.16 bits per heavy atom. The van der Waals surface area contributed by atoms with Gasteiger partial charge in [-0.3, -0.25) is 0 Å². The number of hydrogen-bond acceptors (Lipinski definition) is 1. The van der Waals surface area contributed by atoms with Gasteiger partial charge in [-0.15, -0.1) is 0 Å². The van der Waals surface area contributed by atoms with Crippen molar-refractivity contribution >= 4 is 0 Å². The lowest BCUT2D eigenvalue weighted by molar-refractivity contribution is -0.00617. The molecule has 1 nitrogen and oxygen atoms in total. The minimum atomic E-state index is 0.411. The molecule has 4 fully saturated rings. The van der Waals surface area contributed by atoms with Crippen LogP contribution in [0.2, 0.25) is 0 Å². The van der Waals surface area contributed by atoms with Crippen molar-refractivity contribution in [3.05, 3.63) is 36.2 Å². The molecular formula is C18H23O. The third-order valence-electron chi connectivity index (χ3n) is 5.87. The van der Waals surface area contributed by atoms with Gasteiger partial charge in [0.15, 0.2) is 0 Å². The van der Waals surface area contributed by atoms with Gasteiger partial charge >= 0.3 is 0 Å².